The average Bonchev–Trinajstić information content (AvgIpc) is 2.63. The fourth-order valence-electron chi connectivity index (χ4n) is 1.92. The van der Waals surface area contributed by atoms with Crippen LogP contribution in [0.4, 0.5) is 0 Å². The Labute approximate surface area is 102 Å². The van der Waals surface area contributed by atoms with E-state index in [0.29, 0.717) is 17.6 Å². The lowest BCUT2D eigenvalue weighted by molar-refractivity contribution is -0.126. The summed E-state index contributed by atoms with van der Waals surface area (Å²) in [5.74, 6) is -0.316. The Morgan fingerprint density at radius 2 is 2.28 bits per heavy atom. The molecule has 1 amide bonds. The lowest BCUT2D eigenvalue weighted by Gasteiger charge is -2.25. The summed E-state index contributed by atoms with van der Waals surface area (Å²) in [6, 6.07) is 5.36. The Hall–Kier alpha value is -2.08. The van der Waals surface area contributed by atoms with Gasteiger partial charge in [-0.1, -0.05) is 6.07 Å². The minimum absolute atomic E-state index is 0.0644. The van der Waals surface area contributed by atoms with Crippen molar-refractivity contribution in [3.05, 3.63) is 34.3 Å². The van der Waals surface area contributed by atoms with Gasteiger partial charge in [-0.15, -0.1) is 0 Å². The second-order valence-electron chi connectivity index (χ2n) is 4.42. The molecule has 1 aliphatic heterocycles. The number of amides is 1. The molecule has 18 heavy (non-hydrogen) atoms. The van der Waals surface area contributed by atoms with Crippen LogP contribution in [0.25, 0.3) is 11.1 Å². The maximum atomic E-state index is 11.6. The van der Waals surface area contributed by atoms with E-state index in [1.165, 1.54) is 0 Å². The minimum atomic E-state index is -0.466. The summed E-state index contributed by atoms with van der Waals surface area (Å²) in [5.41, 5.74) is 2.11. The number of oxazole rings is 1. The molecule has 0 unspecified atom stereocenters. The molecule has 0 bridgehead atoms. The predicted molar refractivity (Wildman–Crippen MR) is 65.0 cm³/mol. The number of carbonyl (C=O) groups is 1. The van der Waals surface area contributed by atoms with E-state index < -0.39 is 5.76 Å². The number of hydrogen-bond donors (Lipinski definition) is 3. The monoisotopic (exact) mass is 247 g/mol. The highest BCUT2D eigenvalue weighted by molar-refractivity contribution is 5.80. The number of fused-ring (bicyclic) bond motifs is 1. The largest absolute Gasteiger partial charge is 0.417 e. The number of nitrogens with one attached hydrogen (secondary N) is 3. The van der Waals surface area contributed by atoms with Crippen LogP contribution in [0.1, 0.15) is 5.56 Å². The summed E-state index contributed by atoms with van der Waals surface area (Å²) in [5, 5.41) is 5.93. The zero-order valence-corrected chi connectivity index (χ0v) is 9.66. The highest BCUT2D eigenvalue weighted by Crippen LogP contribution is 2.12. The second-order valence-corrected chi connectivity index (χ2v) is 4.42. The van der Waals surface area contributed by atoms with Gasteiger partial charge in [0.2, 0.25) is 5.91 Å². The number of hydrogen-bond acceptors (Lipinski definition) is 4. The van der Waals surface area contributed by atoms with E-state index in [4.69, 9.17) is 4.42 Å². The van der Waals surface area contributed by atoms with Crippen molar-refractivity contribution in [2.24, 2.45) is 5.92 Å². The van der Waals surface area contributed by atoms with E-state index in [2.05, 4.69) is 15.6 Å². The normalized spacial score (nSPS) is 15.6. The van der Waals surface area contributed by atoms with Gasteiger partial charge in [0, 0.05) is 19.6 Å². The molecule has 1 aliphatic rings. The fourth-order valence-corrected chi connectivity index (χ4v) is 1.92. The van der Waals surface area contributed by atoms with Crippen molar-refractivity contribution in [3.8, 4) is 0 Å². The van der Waals surface area contributed by atoms with E-state index in [1.807, 2.05) is 6.07 Å². The van der Waals surface area contributed by atoms with Crippen molar-refractivity contribution >= 4 is 17.0 Å². The molecule has 1 aromatic heterocycles. The number of aromatic nitrogens is 1. The van der Waals surface area contributed by atoms with Gasteiger partial charge in [0.15, 0.2) is 5.58 Å². The van der Waals surface area contributed by atoms with Gasteiger partial charge in [0.1, 0.15) is 0 Å². The van der Waals surface area contributed by atoms with Crippen LogP contribution in [-0.4, -0.2) is 24.0 Å². The van der Waals surface area contributed by atoms with Crippen LogP contribution < -0.4 is 16.4 Å². The molecular weight excluding hydrogens is 234 g/mol. The van der Waals surface area contributed by atoms with Crippen molar-refractivity contribution in [2.45, 2.75) is 6.54 Å². The number of benzene rings is 1. The van der Waals surface area contributed by atoms with E-state index in [1.54, 1.807) is 12.1 Å². The average molecular weight is 247 g/mol. The van der Waals surface area contributed by atoms with Gasteiger partial charge in [0.25, 0.3) is 0 Å². The maximum Gasteiger partial charge on any atom is 0.417 e. The van der Waals surface area contributed by atoms with E-state index >= 15 is 0 Å². The molecule has 3 rings (SSSR count). The zero-order chi connectivity index (χ0) is 12.5. The Bertz CT molecular complexity index is 639. The molecule has 1 fully saturated rings. The van der Waals surface area contributed by atoms with Gasteiger partial charge in [0.05, 0.1) is 11.4 Å². The molecule has 0 spiro atoms. The number of carbonyl (C=O) groups excluding carboxylic acids is 1. The molecule has 1 aromatic carbocycles. The molecule has 1 saturated heterocycles. The second kappa shape index (κ2) is 4.30. The highest BCUT2D eigenvalue weighted by Gasteiger charge is 2.24. The first kappa shape index (κ1) is 11.0. The van der Waals surface area contributed by atoms with Crippen LogP contribution in [0, 0.1) is 5.92 Å². The summed E-state index contributed by atoms with van der Waals surface area (Å²) >= 11 is 0. The first-order valence-electron chi connectivity index (χ1n) is 5.82. The Morgan fingerprint density at radius 1 is 1.44 bits per heavy atom. The first-order valence-corrected chi connectivity index (χ1v) is 5.82. The molecule has 0 saturated carbocycles. The van der Waals surface area contributed by atoms with Crippen LogP contribution >= 0.6 is 0 Å². The van der Waals surface area contributed by atoms with Crippen LogP contribution in [0.3, 0.4) is 0 Å². The van der Waals surface area contributed by atoms with Gasteiger partial charge in [-0.25, -0.2) is 4.79 Å². The Balaban J connectivity index is 1.70. The molecule has 6 heteroatoms. The van der Waals surface area contributed by atoms with E-state index in [-0.39, 0.29) is 11.8 Å². The smallest absolute Gasteiger partial charge is 0.408 e. The molecule has 94 valence electrons. The van der Waals surface area contributed by atoms with Crippen molar-refractivity contribution in [3.63, 3.8) is 0 Å². The summed E-state index contributed by atoms with van der Waals surface area (Å²) in [7, 11) is 0. The van der Waals surface area contributed by atoms with Crippen molar-refractivity contribution < 1.29 is 9.21 Å². The number of H-pyrrole nitrogens is 1. The highest BCUT2D eigenvalue weighted by atomic mass is 16.4. The van der Waals surface area contributed by atoms with Crippen LogP contribution in [0.15, 0.2) is 27.4 Å². The predicted octanol–water partition coefficient (Wildman–Crippen LogP) is -0.0433. The molecule has 2 heterocycles. The molecule has 0 aliphatic carbocycles. The standard InChI is InChI=1S/C12H13N3O3/c16-11(8-5-13-6-8)14-4-7-1-2-10-9(3-7)15-12(17)18-10/h1-3,8,13H,4-6H2,(H,14,16)(H,15,17). The summed E-state index contributed by atoms with van der Waals surface area (Å²) in [4.78, 5) is 25.2. The van der Waals surface area contributed by atoms with Crippen molar-refractivity contribution in [1.29, 1.82) is 0 Å². The van der Waals surface area contributed by atoms with Gasteiger partial charge in [-0.3, -0.25) is 9.78 Å². The molecule has 0 atom stereocenters. The molecule has 2 aromatic rings. The fraction of sp³-hybridized carbons (Fsp3) is 0.333. The van der Waals surface area contributed by atoms with Gasteiger partial charge >= 0.3 is 5.76 Å². The van der Waals surface area contributed by atoms with Gasteiger partial charge in [-0.2, -0.15) is 0 Å². The molecular formula is C12H13N3O3. The minimum Gasteiger partial charge on any atom is -0.408 e. The Morgan fingerprint density at radius 3 is 3.00 bits per heavy atom. The molecule has 3 N–H and O–H groups in total. The third-order valence-electron chi connectivity index (χ3n) is 3.10. The van der Waals surface area contributed by atoms with Crippen molar-refractivity contribution in [1.82, 2.24) is 15.6 Å². The summed E-state index contributed by atoms with van der Waals surface area (Å²) < 4.78 is 4.91. The Kier molecular flexibility index (Phi) is 2.64. The van der Waals surface area contributed by atoms with Gasteiger partial charge < -0.3 is 15.1 Å². The van der Waals surface area contributed by atoms with Crippen LogP contribution in [0.5, 0.6) is 0 Å². The number of aromatic amines is 1. The maximum absolute atomic E-state index is 11.6. The third kappa shape index (κ3) is 2.02. The topological polar surface area (TPSA) is 87.1 Å². The third-order valence-corrected chi connectivity index (χ3v) is 3.10. The number of rotatable bonds is 3. The lowest BCUT2D eigenvalue weighted by atomic mass is 10.0. The summed E-state index contributed by atoms with van der Waals surface area (Å²) in [6.07, 6.45) is 0. The molecule has 0 radical (unpaired) electrons. The van der Waals surface area contributed by atoms with Crippen LogP contribution in [0.2, 0.25) is 0 Å². The van der Waals surface area contributed by atoms with Gasteiger partial charge in [-0.05, 0) is 17.7 Å². The molecule has 6 nitrogen and oxygen atoms in total. The van der Waals surface area contributed by atoms with E-state index in [9.17, 15) is 9.59 Å². The SMILES string of the molecule is O=C(NCc1ccc2oc(=O)[nH]c2c1)C1CNC1. The first-order chi connectivity index (χ1) is 8.72. The van der Waals surface area contributed by atoms with Crippen molar-refractivity contribution in [2.75, 3.05) is 13.1 Å². The lowest BCUT2D eigenvalue weighted by Crippen LogP contribution is -2.50. The van der Waals surface area contributed by atoms with E-state index in [0.717, 1.165) is 18.7 Å². The quantitative estimate of drug-likeness (QED) is 0.710. The van der Waals surface area contributed by atoms with Crippen LogP contribution in [-0.2, 0) is 11.3 Å². The zero-order valence-electron chi connectivity index (χ0n) is 9.66. The summed E-state index contributed by atoms with van der Waals surface area (Å²) in [6.45, 7) is 1.96.